The number of hydrogen-bond donors (Lipinski definition) is 4. The second-order valence-electron chi connectivity index (χ2n) is 4.64. The molecule has 0 radical (unpaired) electrons. The Bertz CT molecular complexity index is 557. The molecule has 1 aromatic carbocycles. The highest BCUT2D eigenvalue weighted by Gasteiger charge is 2.22. The number of carbonyl (C=O) groups is 1. The maximum Gasteiger partial charge on any atom is 0.355 e. The smallest absolute Gasteiger partial charge is 0.355 e. The molecule has 1 aromatic rings. The minimum atomic E-state index is -1.24. The Morgan fingerprint density at radius 1 is 1.45 bits per heavy atom. The SMILES string of the molecule is CC.NN/C(C(=O)O)=C(\N)c1ccc(Cl)c(OCC2CC2)c1. The summed E-state index contributed by atoms with van der Waals surface area (Å²) < 4.78 is 5.62. The number of hydrogen-bond acceptors (Lipinski definition) is 5. The summed E-state index contributed by atoms with van der Waals surface area (Å²) in [4.78, 5) is 11.0. The first kappa shape index (κ1) is 18.1. The highest BCUT2D eigenvalue weighted by atomic mass is 35.5. The zero-order chi connectivity index (χ0) is 16.7. The fourth-order valence-electron chi connectivity index (χ4n) is 1.67. The molecule has 0 heterocycles. The Kier molecular flexibility index (Phi) is 7.01. The van der Waals surface area contributed by atoms with E-state index in [1.807, 2.05) is 13.8 Å². The van der Waals surface area contributed by atoms with Crippen LogP contribution in [0.4, 0.5) is 0 Å². The third-order valence-electron chi connectivity index (χ3n) is 3.04. The summed E-state index contributed by atoms with van der Waals surface area (Å²) in [6.45, 7) is 4.60. The van der Waals surface area contributed by atoms with Crippen LogP contribution in [0, 0.1) is 5.92 Å². The molecule has 0 aliphatic heterocycles. The Balaban J connectivity index is 0.00000116. The first-order chi connectivity index (χ1) is 10.5. The van der Waals surface area contributed by atoms with Crippen molar-refractivity contribution in [2.75, 3.05) is 6.61 Å². The number of carboxylic acid groups (broad SMARTS) is 1. The van der Waals surface area contributed by atoms with E-state index < -0.39 is 5.97 Å². The third kappa shape index (κ3) is 4.82. The lowest BCUT2D eigenvalue weighted by molar-refractivity contribution is -0.133. The van der Waals surface area contributed by atoms with Gasteiger partial charge in [-0.1, -0.05) is 31.5 Å². The Hall–Kier alpha value is -1.92. The summed E-state index contributed by atoms with van der Waals surface area (Å²) in [5.74, 6) is 5.00. The molecule has 6 nitrogen and oxygen atoms in total. The highest BCUT2D eigenvalue weighted by molar-refractivity contribution is 6.32. The van der Waals surface area contributed by atoms with Crippen molar-refractivity contribution in [2.45, 2.75) is 26.7 Å². The van der Waals surface area contributed by atoms with E-state index in [4.69, 9.17) is 33.0 Å². The highest BCUT2D eigenvalue weighted by Crippen LogP contribution is 2.32. The lowest BCUT2D eigenvalue weighted by Gasteiger charge is -2.11. The van der Waals surface area contributed by atoms with Crippen LogP contribution in [0.15, 0.2) is 23.9 Å². The standard InChI is InChI=1S/C13H16ClN3O3.C2H6/c14-9-4-3-8(11(15)12(17-16)13(18)19)5-10(9)20-6-7-1-2-7;1-2/h3-5,7,17H,1-2,6,15-16H2,(H,18,19);1-2H3/b12-11-;. The van der Waals surface area contributed by atoms with Gasteiger partial charge in [-0.2, -0.15) is 0 Å². The Morgan fingerprint density at radius 2 is 2.09 bits per heavy atom. The average Bonchev–Trinajstić information content (AvgIpc) is 3.33. The molecule has 0 unspecified atom stereocenters. The maximum atomic E-state index is 11.0. The molecule has 122 valence electrons. The van der Waals surface area contributed by atoms with Gasteiger partial charge >= 0.3 is 5.97 Å². The summed E-state index contributed by atoms with van der Waals surface area (Å²) in [5.41, 5.74) is 8.10. The van der Waals surface area contributed by atoms with E-state index in [1.165, 1.54) is 12.8 Å². The summed E-state index contributed by atoms with van der Waals surface area (Å²) >= 11 is 6.04. The molecule has 7 heteroatoms. The quantitative estimate of drug-likeness (QED) is 0.362. The number of ether oxygens (including phenoxy) is 1. The van der Waals surface area contributed by atoms with E-state index >= 15 is 0 Å². The monoisotopic (exact) mass is 327 g/mol. The van der Waals surface area contributed by atoms with Gasteiger partial charge in [0, 0.05) is 5.56 Å². The molecule has 6 N–H and O–H groups in total. The minimum absolute atomic E-state index is 0.0212. The topological polar surface area (TPSA) is 111 Å². The molecular weight excluding hydrogens is 306 g/mol. The van der Waals surface area contributed by atoms with Gasteiger partial charge in [0.2, 0.25) is 0 Å². The number of hydrazine groups is 1. The molecule has 1 aliphatic carbocycles. The molecule has 1 aliphatic rings. The van der Waals surface area contributed by atoms with Crippen LogP contribution < -0.4 is 21.7 Å². The summed E-state index contributed by atoms with van der Waals surface area (Å²) in [7, 11) is 0. The number of halogens is 1. The van der Waals surface area contributed by atoms with Gasteiger partial charge < -0.3 is 21.0 Å². The van der Waals surface area contributed by atoms with Gasteiger partial charge in [0.1, 0.15) is 5.75 Å². The number of carboxylic acids is 1. The molecule has 0 spiro atoms. The van der Waals surface area contributed by atoms with Gasteiger partial charge in [0.15, 0.2) is 5.70 Å². The summed E-state index contributed by atoms with van der Waals surface area (Å²) in [5, 5.41) is 9.43. The first-order valence-electron chi connectivity index (χ1n) is 7.15. The second kappa shape index (κ2) is 8.51. The van der Waals surface area contributed by atoms with Gasteiger partial charge in [0.05, 0.1) is 17.3 Å². The van der Waals surface area contributed by atoms with Crippen LogP contribution in [0.25, 0.3) is 5.70 Å². The number of aliphatic carboxylic acids is 1. The molecular formula is C15H22ClN3O3. The average molecular weight is 328 g/mol. The van der Waals surface area contributed by atoms with Crippen molar-refractivity contribution >= 4 is 23.3 Å². The number of nitrogens with two attached hydrogens (primary N) is 2. The lowest BCUT2D eigenvalue weighted by atomic mass is 10.1. The molecule has 1 saturated carbocycles. The van der Waals surface area contributed by atoms with E-state index in [0.717, 1.165) is 0 Å². The number of benzene rings is 1. The van der Waals surface area contributed by atoms with Crippen LogP contribution in [0.2, 0.25) is 5.02 Å². The lowest BCUT2D eigenvalue weighted by Crippen LogP contribution is -2.29. The van der Waals surface area contributed by atoms with Gasteiger partial charge in [-0.3, -0.25) is 5.84 Å². The normalized spacial score (nSPS) is 14.4. The zero-order valence-electron chi connectivity index (χ0n) is 12.7. The van der Waals surface area contributed by atoms with Crippen LogP contribution in [-0.4, -0.2) is 17.7 Å². The molecule has 0 aromatic heterocycles. The molecule has 1 fully saturated rings. The molecule has 0 bridgehead atoms. The van der Waals surface area contributed by atoms with E-state index in [1.54, 1.807) is 18.2 Å². The Labute approximate surface area is 135 Å². The summed E-state index contributed by atoms with van der Waals surface area (Å²) in [6, 6.07) is 4.84. The summed E-state index contributed by atoms with van der Waals surface area (Å²) in [6.07, 6.45) is 2.33. The Morgan fingerprint density at radius 3 is 2.59 bits per heavy atom. The van der Waals surface area contributed by atoms with Gasteiger partial charge in [-0.25, -0.2) is 4.79 Å². The van der Waals surface area contributed by atoms with Gasteiger partial charge in [0.25, 0.3) is 0 Å². The van der Waals surface area contributed by atoms with Crippen LogP contribution in [0.3, 0.4) is 0 Å². The van der Waals surface area contributed by atoms with Crippen molar-refractivity contribution in [3.8, 4) is 5.75 Å². The first-order valence-corrected chi connectivity index (χ1v) is 7.53. The molecule has 0 atom stereocenters. The van der Waals surface area contributed by atoms with Crippen molar-refractivity contribution in [1.29, 1.82) is 0 Å². The number of rotatable bonds is 6. The molecule has 22 heavy (non-hydrogen) atoms. The fourth-order valence-corrected chi connectivity index (χ4v) is 1.84. The van der Waals surface area contributed by atoms with E-state index in [-0.39, 0.29) is 11.4 Å². The molecule has 0 amide bonds. The third-order valence-corrected chi connectivity index (χ3v) is 3.35. The fraction of sp³-hybridized carbons (Fsp3) is 0.400. The minimum Gasteiger partial charge on any atom is -0.492 e. The predicted molar refractivity (Wildman–Crippen MR) is 87.1 cm³/mol. The van der Waals surface area contributed by atoms with E-state index in [9.17, 15) is 4.79 Å². The van der Waals surface area contributed by atoms with Gasteiger partial charge in [-0.15, -0.1) is 0 Å². The van der Waals surface area contributed by atoms with Crippen LogP contribution in [0.1, 0.15) is 32.3 Å². The van der Waals surface area contributed by atoms with Crippen molar-refractivity contribution in [2.24, 2.45) is 17.5 Å². The van der Waals surface area contributed by atoms with Crippen molar-refractivity contribution in [3.63, 3.8) is 0 Å². The molecule has 2 rings (SSSR count). The van der Waals surface area contributed by atoms with Crippen molar-refractivity contribution in [1.82, 2.24) is 5.43 Å². The van der Waals surface area contributed by atoms with Crippen molar-refractivity contribution in [3.05, 3.63) is 34.5 Å². The second-order valence-corrected chi connectivity index (χ2v) is 5.04. The largest absolute Gasteiger partial charge is 0.492 e. The van der Waals surface area contributed by atoms with Crippen LogP contribution in [-0.2, 0) is 4.79 Å². The van der Waals surface area contributed by atoms with E-state index in [2.05, 4.69) is 5.43 Å². The zero-order valence-corrected chi connectivity index (χ0v) is 13.5. The van der Waals surface area contributed by atoms with Gasteiger partial charge in [-0.05, 0) is 30.9 Å². The van der Waals surface area contributed by atoms with E-state index in [0.29, 0.717) is 28.9 Å². The number of nitrogens with one attached hydrogen (secondary N) is 1. The van der Waals surface area contributed by atoms with Crippen LogP contribution in [0.5, 0.6) is 5.75 Å². The predicted octanol–water partition coefficient (Wildman–Crippen LogP) is 2.33. The van der Waals surface area contributed by atoms with Crippen molar-refractivity contribution < 1.29 is 14.6 Å². The molecule has 0 saturated heterocycles. The maximum absolute atomic E-state index is 11.0. The van der Waals surface area contributed by atoms with Crippen LogP contribution >= 0.6 is 11.6 Å².